The third-order valence-electron chi connectivity index (χ3n) is 3.62. The summed E-state index contributed by atoms with van der Waals surface area (Å²) in [6.45, 7) is 4.36. The fourth-order valence-electron chi connectivity index (χ4n) is 2.56. The number of unbranched alkanes of at least 4 members (excludes halogenated alkanes) is 3. The molecule has 1 unspecified atom stereocenters. The van der Waals surface area contributed by atoms with Crippen LogP contribution in [0.25, 0.3) is 0 Å². The number of hydrogen-bond acceptors (Lipinski definition) is 2. The number of ketones is 1. The van der Waals surface area contributed by atoms with Crippen LogP contribution in [0.4, 0.5) is 0 Å². The number of Topliss-reactive ketones (excluding diaryl/α,β-unsaturated/α-hetero) is 1. The van der Waals surface area contributed by atoms with Gasteiger partial charge in [-0.2, -0.15) is 0 Å². The molecule has 2 rings (SSSR count). The van der Waals surface area contributed by atoms with Gasteiger partial charge in [-0.15, -0.1) is 6.58 Å². The van der Waals surface area contributed by atoms with Crippen molar-refractivity contribution in [1.29, 1.82) is 0 Å². The third kappa shape index (κ3) is 3.77. The van der Waals surface area contributed by atoms with Gasteiger partial charge in [-0.3, -0.25) is 4.79 Å². The highest BCUT2D eigenvalue weighted by molar-refractivity contribution is 5.84. The highest BCUT2D eigenvalue weighted by Crippen LogP contribution is 2.28. The highest BCUT2D eigenvalue weighted by Gasteiger charge is 2.26. The second-order valence-corrected chi connectivity index (χ2v) is 5.05. The van der Waals surface area contributed by atoms with Crippen LogP contribution in [0, 0.1) is 0 Å². The molecule has 0 radical (unpaired) electrons. The van der Waals surface area contributed by atoms with Gasteiger partial charge in [0.1, 0.15) is 6.10 Å². The maximum absolute atomic E-state index is 12.2. The molecule has 0 amide bonds. The zero-order valence-electron chi connectivity index (χ0n) is 11.4. The smallest absolute Gasteiger partial charge is 0.166 e. The molecule has 0 saturated heterocycles. The normalized spacial score (nSPS) is 17.8. The van der Waals surface area contributed by atoms with E-state index in [-0.39, 0.29) is 11.9 Å². The molecular weight excluding hydrogens is 236 g/mol. The molecule has 102 valence electrons. The molecule has 1 aromatic carbocycles. The molecule has 0 fully saturated rings. The third-order valence-corrected chi connectivity index (χ3v) is 3.62. The SMILES string of the molecule is C=CCCCCCC(=O)C1OCCc2ccccc21. The van der Waals surface area contributed by atoms with Crippen molar-refractivity contribution in [2.45, 2.75) is 44.6 Å². The molecule has 0 spiro atoms. The van der Waals surface area contributed by atoms with Crippen LogP contribution in [-0.4, -0.2) is 12.4 Å². The maximum Gasteiger partial charge on any atom is 0.166 e. The molecule has 2 nitrogen and oxygen atoms in total. The Morgan fingerprint density at radius 1 is 1.32 bits per heavy atom. The molecule has 19 heavy (non-hydrogen) atoms. The summed E-state index contributed by atoms with van der Waals surface area (Å²) in [5.74, 6) is 0.228. The van der Waals surface area contributed by atoms with E-state index in [4.69, 9.17) is 4.74 Å². The van der Waals surface area contributed by atoms with Crippen LogP contribution in [0.3, 0.4) is 0 Å². The van der Waals surface area contributed by atoms with E-state index in [0.717, 1.165) is 37.7 Å². The average molecular weight is 258 g/mol. The summed E-state index contributed by atoms with van der Waals surface area (Å²) in [5.41, 5.74) is 2.34. The van der Waals surface area contributed by atoms with Gasteiger partial charge in [0.15, 0.2) is 5.78 Å². The number of hydrogen-bond donors (Lipinski definition) is 0. The van der Waals surface area contributed by atoms with E-state index in [9.17, 15) is 4.79 Å². The van der Waals surface area contributed by atoms with E-state index in [1.807, 2.05) is 24.3 Å². The Balaban J connectivity index is 1.88. The number of allylic oxidation sites excluding steroid dienone is 1. The number of ether oxygens (including phenoxy) is 1. The minimum absolute atomic E-state index is 0.228. The lowest BCUT2D eigenvalue weighted by molar-refractivity contribution is -0.132. The number of carbonyl (C=O) groups excluding carboxylic acids is 1. The monoisotopic (exact) mass is 258 g/mol. The minimum atomic E-state index is -0.329. The Labute approximate surface area is 115 Å². The summed E-state index contributed by atoms with van der Waals surface area (Å²) in [6.07, 6.45) is 7.35. The molecule has 1 aromatic rings. The zero-order chi connectivity index (χ0) is 13.5. The molecular formula is C17H22O2. The van der Waals surface area contributed by atoms with Crippen molar-refractivity contribution in [3.8, 4) is 0 Å². The van der Waals surface area contributed by atoms with Crippen molar-refractivity contribution >= 4 is 5.78 Å². The first kappa shape index (κ1) is 14.0. The quantitative estimate of drug-likeness (QED) is 0.545. The maximum atomic E-state index is 12.2. The van der Waals surface area contributed by atoms with Gasteiger partial charge in [-0.25, -0.2) is 0 Å². The summed E-state index contributed by atoms with van der Waals surface area (Å²) >= 11 is 0. The van der Waals surface area contributed by atoms with Gasteiger partial charge < -0.3 is 4.74 Å². The van der Waals surface area contributed by atoms with Crippen LogP contribution in [0.1, 0.15) is 49.3 Å². The van der Waals surface area contributed by atoms with Gasteiger partial charge in [-0.1, -0.05) is 36.8 Å². The lowest BCUT2D eigenvalue weighted by atomic mass is 9.93. The molecule has 0 bridgehead atoms. The van der Waals surface area contributed by atoms with Crippen LogP contribution < -0.4 is 0 Å². The fourth-order valence-corrected chi connectivity index (χ4v) is 2.56. The molecule has 0 aromatic heterocycles. The van der Waals surface area contributed by atoms with Crippen molar-refractivity contribution < 1.29 is 9.53 Å². The highest BCUT2D eigenvalue weighted by atomic mass is 16.5. The van der Waals surface area contributed by atoms with Crippen LogP contribution in [0.5, 0.6) is 0 Å². The topological polar surface area (TPSA) is 26.3 Å². The van der Waals surface area contributed by atoms with E-state index in [1.165, 1.54) is 5.56 Å². The van der Waals surface area contributed by atoms with Crippen molar-refractivity contribution in [3.63, 3.8) is 0 Å². The lowest BCUT2D eigenvalue weighted by Gasteiger charge is -2.25. The van der Waals surface area contributed by atoms with Gasteiger partial charge in [0.05, 0.1) is 6.61 Å². The summed E-state index contributed by atoms with van der Waals surface area (Å²) in [7, 11) is 0. The second kappa shape index (κ2) is 7.25. The number of benzene rings is 1. The number of fused-ring (bicyclic) bond motifs is 1. The molecule has 1 aliphatic rings. The molecule has 0 N–H and O–H groups in total. The van der Waals surface area contributed by atoms with Crippen LogP contribution in [0.2, 0.25) is 0 Å². The Kier molecular flexibility index (Phi) is 5.34. The lowest BCUT2D eigenvalue weighted by Crippen LogP contribution is -2.23. The van der Waals surface area contributed by atoms with Crippen LogP contribution >= 0.6 is 0 Å². The van der Waals surface area contributed by atoms with E-state index in [0.29, 0.717) is 13.0 Å². The van der Waals surface area contributed by atoms with Gasteiger partial charge >= 0.3 is 0 Å². The summed E-state index contributed by atoms with van der Waals surface area (Å²) in [6, 6.07) is 8.13. The summed E-state index contributed by atoms with van der Waals surface area (Å²) in [5, 5.41) is 0. The minimum Gasteiger partial charge on any atom is -0.365 e. The molecule has 0 aliphatic carbocycles. The van der Waals surface area contributed by atoms with Gasteiger partial charge in [0, 0.05) is 6.42 Å². The van der Waals surface area contributed by atoms with Gasteiger partial charge in [-0.05, 0) is 36.8 Å². The van der Waals surface area contributed by atoms with E-state index in [2.05, 4.69) is 12.6 Å². The zero-order valence-corrected chi connectivity index (χ0v) is 11.4. The average Bonchev–Trinajstić information content (AvgIpc) is 2.46. The molecule has 1 heterocycles. The summed E-state index contributed by atoms with van der Waals surface area (Å²) < 4.78 is 5.68. The van der Waals surface area contributed by atoms with E-state index >= 15 is 0 Å². The predicted octanol–water partition coefficient (Wildman–Crippen LogP) is 4.01. The Hall–Kier alpha value is -1.41. The van der Waals surface area contributed by atoms with Crippen LogP contribution in [0.15, 0.2) is 36.9 Å². The number of carbonyl (C=O) groups is 1. The van der Waals surface area contributed by atoms with Crippen molar-refractivity contribution in [2.75, 3.05) is 6.61 Å². The predicted molar refractivity (Wildman–Crippen MR) is 77.1 cm³/mol. The van der Waals surface area contributed by atoms with E-state index < -0.39 is 0 Å². The molecule has 0 saturated carbocycles. The summed E-state index contributed by atoms with van der Waals surface area (Å²) in [4.78, 5) is 12.2. The first-order valence-electron chi connectivity index (χ1n) is 7.16. The first-order valence-corrected chi connectivity index (χ1v) is 7.16. The Morgan fingerprint density at radius 3 is 3.00 bits per heavy atom. The molecule has 1 aliphatic heterocycles. The number of rotatable bonds is 7. The van der Waals surface area contributed by atoms with Crippen molar-refractivity contribution in [1.82, 2.24) is 0 Å². The van der Waals surface area contributed by atoms with Gasteiger partial charge in [0.2, 0.25) is 0 Å². The second-order valence-electron chi connectivity index (χ2n) is 5.05. The first-order chi connectivity index (χ1) is 9.33. The van der Waals surface area contributed by atoms with Crippen LogP contribution in [-0.2, 0) is 16.0 Å². The fraction of sp³-hybridized carbons (Fsp3) is 0.471. The van der Waals surface area contributed by atoms with Gasteiger partial charge in [0.25, 0.3) is 0 Å². The Morgan fingerprint density at radius 2 is 2.16 bits per heavy atom. The molecule has 2 heteroatoms. The van der Waals surface area contributed by atoms with Crippen molar-refractivity contribution in [2.24, 2.45) is 0 Å². The van der Waals surface area contributed by atoms with Crippen molar-refractivity contribution in [3.05, 3.63) is 48.0 Å². The van der Waals surface area contributed by atoms with E-state index in [1.54, 1.807) is 0 Å². The standard InChI is InChI=1S/C17H22O2/c1-2-3-4-5-6-11-16(18)17-15-10-8-7-9-14(15)12-13-19-17/h2,7-10,17H,1,3-6,11-13H2. The largest absolute Gasteiger partial charge is 0.365 e. The molecule has 1 atom stereocenters. The Bertz CT molecular complexity index is 437.